The number of rotatable bonds is 2. The quantitative estimate of drug-likeness (QED) is 0.406. The van der Waals surface area contributed by atoms with Crippen LogP contribution in [-0.2, 0) is 9.09 Å². The Morgan fingerprint density at radius 1 is 2.00 bits per heavy atom. The summed E-state index contributed by atoms with van der Waals surface area (Å²) in [6, 6.07) is 0. The molecule has 0 aromatic carbocycles. The number of nitrogens with two attached hydrogens (primary N) is 1. The third kappa shape index (κ3) is 5.69. The molecule has 0 bridgehead atoms. The first-order valence-corrected chi connectivity index (χ1v) is 3.11. The van der Waals surface area contributed by atoms with Gasteiger partial charge in [-0.25, -0.2) is 10.1 Å². The molecule has 5 heteroatoms. The van der Waals surface area contributed by atoms with E-state index in [2.05, 4.69) is 16.6 Å². The van der Waals surface area contributed by atoms with E-state index in [1.165, 1.54) is 0 Å². The Kier molecular flexibility index (Phi) is 2.02. The lowest BCUT2D eigenvalue weighted by molar-refractivity contribution is 0.350. The average molecular weight is 123 g/mol. The van der Waals surface area contributed by atoms with Crippen molar-refractivity contribution in [3.8, 4) is 0 Å². The molecule has 0 amide bonds. The molecule has 0 aliphatic rings. The van der Waals surface area contributed by atoms with E-state index in [1.807, 2.05) is 0 Å². The van der Waals surface area contributed by atoms with Crippen LogP contribution in [-0.4, -0.2) is 4.89 Å². The second-order valence-corrected chi connectivity index (χ2v) is 2.18. The zero-order chi connectivity index (χ0) is 5.91. The molecule has 0 fully saturated rings. The van der Waals surface area contributed by atoms with E-state index < -0.39 is 7.75 Å². The van der Waals surface area contributed by atoms with E-state index in [1.54, 1.807) is 0 Å². The van der Waals surface area contributed by atoms with Crippen LogP contribution in [0.15, 0.2) is 12.8 Å². The summed E-state index contributed by atoms with van der Waals surface area (Å²) in [5, 5.41) is 0. The first-order chi connectivity index (χ1) is 3.06. The first-order valence-electron chi connectivity index (χ1n) is 1.47. The molecule has 1 unspecified atom stereocenters. The second kappa shape index (κ2) is 2.12. The normalized spacial score (nSPS) is 17.4. The van der Waals surface area contributed by atoms with E-state index in [4.69, 9.17) is 4.89 Å². The summed E-state index contributed by atoms with van der Waals surface area (Å²) in [5.74, 6) is 0. The van der Waals surface area contributed by atoms with Gasteiger partial charge >= 0.3 is 7.75 Å². The molecule has 0 spiro atoms. The van der Waals surface area contributed by atoms with Crippen LogP contribution in [0.1, 0.15) is 0 Å². The zero-order valence-corrected chi connectivity index (χ0v) is 4.47. The van der Waals surface area contributed by atoms with Crippen LogP contribution in [0.5, 0.6) is 0 Å². The highest BCUT2D eigenvalue weighted by molar-refractivity contribution is 7.50. The minimum atomic E-state index is -3.78. The van der Waals surface area contributed by atoms with Gasteiger partial charge in [-0.15, -0.1) is 0 Å². The van der Waals surface area contributed by atoms with E-state index in [0.717, 1.165) is 6.26 Å². The van der Waals surface area contributed by atoms with Crippen LogP contribution in [0.4, 0.5) is 0 Å². The Labute approximate surface area is 41.2 Å². The Morgan fingerprint density at radius 3 is 2.43 bits per heavy atom. The van der Waals surface area contributed by atoms with E-state index in [0.29, 0.717) is 0 Å². The van der Waals surface area contributed by atoms with Crippen molar-refractivity contribution in [3.05, 3.63) is 12.8 Å². The maximum Gasteiger partial charge on any atom is 0.452 e. The molecule has 0 rings (SSSR count). The van der Waals surface area contributed by atoms with Crippen molar-refractivity contribution >= 4 is 7.75 Å². The van der Waals surface area contributed by atoms with Gasteiger partial charge in [0, 0.05) is 0 Å². The molecule has 0 aliphatic heterocycles. The van der Waals surface area contributed by atoms with Gasteiger partial charge in [0.05, 0.1) is 6.26 Å². The summed E-state index contributed by atoms with van der Waals surface area (Å²) >= 11 is 0. The molecule has 7 heavy (non-hydrogen) atoms. The summed E-state index contributed by atoms with van der Waals surface area (Å²) in [4.78, 5) is 8.06. The fourth-order valence-electron chi connectivity index (χ4n) is 0.107. The lowest BCUT2D eigenvalue weighted by Crippen LogP contribution is -1.91. The molecule has 0 radical (unpaired) electrons. The largest absolute Gasteiger partial charge is 0.452 e. The summed E-state index contributed by atoms with van der Waals surface area (Å²) in [7, 11) is -3.78. The highest BCUT2D eigenvalue weighted by Gasteiger charge is 2.06. The van der Waals surface area contributed by atoms with Gasteiger partial charge in [0.15, 0.2) is 0 Å². The molecule has 3 N–H and O–H groups in total. The van der Waals surface area contributed by atoms with Gasteiger partial charge < -0.3 is 9.42 Å². The van der Waals surface area contributed by atoms with Crippen molar-refractivity contribution < 1.29 is 14.0 Å². The predicted octanol–water partition coefficient (Wildman–Crippen LogP) is 0.206. The van der Waals surface area contributed by atoms with Gasteiger partial charge in [-0.05, 0) is 0 Å². The van der Waals surface area contributed by atoms with Gasteiger partial charge in [-0.2, -0.15) is 0 Å². The Balaban J connectivity index is 3.57. The predicted molar refractivity (Wildman–Crippen MR) is 25.3 cm³/mol. The summed E-state index contributed by atoms with van der Waals surface area (Å²) in [5.41, 5.74) is 4.46. The fraction of sp³-hybridized carbons (Fsp3) is 0. The molecule has 0 saturated carbocycles. The Bertz CT molecular complexity index is 106. The van der Waals surface area contributed by atoms with E-state index >= 15 is 0 Å². The highest BCUT2D eigenvalue weighted by Crippen LogP contribution is 2.30. The standard InChI is InChI=1S/C2H6NO3P/c1-2-6-7(3,4)5/h2H,1H2,(H3,3,4,5). The second-order valence-electron chi connectivity index (χ2n) is 0.836. The zero-order valence-electron chi connectivity index (χ0n) is 3.57. The molecule has 0 aromatic rings. The minimum Gasteiger partial charge on any atom is -0.422 e. The summed E-state index contributed by atoms with van der Waals surface area (Å²) < 4.78 is 13.7. The smallest absolute Gasteiger partial charge is 0.422 e. The van der Waals surface area contributed by atoms with Crippen LogP contribution in [0.2, 0.25) is 0 Å². The van der Waals surface area contributed by atoms with Crippen molar-refractivity contribution in [3.63, 3.8) is 0 Å². The number of hydrogen-bond acceptors (Lipinski definition) is 2. The Morgan fingerprint density at radius 2 is 2.43 bits per heavy atom. The van der Waals surface area contributed by atoms with Crippen LogP contribution >= 0.6 is 7.75 Å². The van der Waals surface area contributed by atoms with Gasteiger partial charge in [0.2, 0.25) is 0 Å². The topological polar surface area (TPSA) is 72.5 Å². The molecule has 1 atom stereocenters. The van der Waals surface area contributed by atoms with Crippen LogP contribution < -0.4 is 5.50 Å². The lowest BCUT2D eigenvalue weighted by atomic mass is 11.2. The molecule has 0 heterocycles. The monoisotopic (exact) mass is 123 g/mol. The summed E-state index contributed by atoms with van der Waals surface area (Å²) in [6.45, 7) is 3.01. The van der Waals surface area contributed by atoms with E-state index in [9.17, 15) is 4.57 Å². The van der Waals surface area contributed by atoms with Gasteiger partial charge in [0.25, 0.3) is 0 Å². The Hall–Kier alpha value is -0.310. The molecule has 0 aromatic heterocycles. The van der Waals surface area contributed by atoms with Crippen molar-refractivity contribution in [1.29, 1.82) is 0 Å². The third-order valence-electron chi connectivity index (χ3n) is 0.226. The van der Waals surface area contributed by atoms with Crippen LogP contribution in [0.25, 0.3) is 0 Å². The van der Waals surface area contributed by atoms with Crippen molar-refractivity contribution in [2.45, 2.75) is 0 Å². The van der Waals surface area contributed by atoms with Gasteiger partial charge in [-0.1, -0.05) is 6.58 Å². The molecule has 0 aliphatic carbocycles. The molecular formula is C2H6NO3P. The van der Waals surface area contributed by atoms with Crippen LogP contribution in [0.3, 0.4) is 0 Å². The summed E-state index contributed by atoms with van der Waals surface area (Å²) in [6.07, 6.45) is 0.820. The minimum absolute atomic E-state index is 0.820. The number of hydrogen-bond donors (Lipinski definition) is 2. The molecule has 0 saturated heterocycles. The molecule has 42 valence electrons. The average Bonchev–Trinajstić information content (AvgIpc) is 1.30. The third-order valence-corrected chi connectivity index (χ3v) is 0.677. The van der Waals surface area contributed by atoms with E-state index in [-0.39, 0.29) is 0 Å². The van der Waals surface area contributed by atoms with Gasteiger partial charge in [-0.3, -0.25) is 0 Å². The lowest BCUT2D eigenvalue weighted by Gasteiger charge is -1.98. The SMILES string of the molecule is C=COP(N)(=O)O. The van der Waals surface area contributed by atoms with Crippen molar-refractivity contribution in [1.82, 2.24) is 0 Å². The highest BCUT2D eigenvalue weighted by atomic mass is 31.2. The first kappa shape index (κ1) is 6.69. The molecular weight excluding hydrogens is 117 g/mol. The maximum absolute atomic E-state index is 9.85. The van der Waals surface area contributed by atoms with Crippen LogP contribution in [0, 0.1) is 0 Å². The van der Waals surface area contributed by atoms with Gasteiger partial charge in [0.1, 0.15) is 0 Å². The van der Waals surface area contributed by atoms with Crippen molar-refractivity contribution in [2.24, 2.45) is 5.50 Å². The fourth-order valence-corrected chi connectivity index (χ4v) is 0.320. The maximum atomic E-state index is 9.85. The molecule has 4 nitrogen and oxygen atoms in total. The van der Waals surface area contributed by atoms with Crippen molar-refractivity contribution in [2.75, 3.05) is 0 Å².